The summed E-state index contributed by atoms with van der Waals surface area (Å²) < 4.78 is 16.7. The molecule has 0 saturated heterocycles. The maximum Gasteiger partial charge on any atom is 0.363 e. The number of aliphatic imine (C=N–C) groups is 1. The second-order valence-electron chi connectivity index (χ2n) is 5.33. The third kappa shape index (κ3) is 4.03. The lowest BCUT2D eigenvalue weighted by atomic mass is 10.1. The van der Waals surface area contributed by atoms with E-state index in [2.05, 4.69) is 20.9 Å². The molecule has 2 aromatic carbocycles. The highest BCUT2D eigenvalue weighted by molar-refractivity contribution is 9.10. The first-order chi connectivity index (χ1) is 12.6. The van der Waals surface area contributed by atoms with Crippen LogP contribution >= 0.6 is 15.9 Å². The summed E-state index contributed by atoms with van der Waals surface area (Å²) in [5.74, 6) is 1.08. The van der Waals surface area contributed by atoms with Crippen molar-refractivity contribution in [1.82, 2.24) is 0 Å². The van der Waals surface area contributed by atoms with E-state index in [1.54, 1.807) is 32.4 Å². The second-order valence-corrected chi connectivity index (χ2v) is 6.25. The normalized spacial score (nSPS) is 15.3. The average Bonchev–Trinajstić information content (AvgIpc) is 3.00. The number of carbonyl (C=O) groups excluding carboxylic acids is 1. The fourth-order valence-corrected chi connectivity index (χ4v) is 2.81. The van der Waals surface area contributed by atoms with Crippen LogP contribution in [0.2, 0.25) is 0 Å². The Morgan fingerprint density at radius 1 is 1.00 bits per heavy atom. The van der Waals surface area contributed by atoms with E-state index in [1.807, 2.05) is 42.5 Å². The lowest BCUT2D eigenvalue weighted by molar-refractivity contribution is -0.129. The Bertz CT molecular complexity index is 931. The van der Waals surface area contributed by atoms with Crippen molar-refractivity contribution in [2.75, 3.05) is 14.2 Å². The van der Waals surface area contributed by atoms with Crippen molar-refractivity contribution < 1.29 is 19.0 Å². The Morgan fingerprint density at radius 3 is 2.50 bits per heavy atom. The fourth-order valence-electron chi connectivity index (χ4n) is 2.43. The molecule has 6 heteroatoms. The SMILES string of the molecule is COc1ccccc1C=CC1=NC(=Cc2cc(Br)ccc2OC)C(=O)O1. The number of hydrogen-bond acceptors (Lipinski definition) is 5. The predicted octanol–water partition coefficient (Wildman–Crippen LogP) is 4.48. The van der Waals surface area contributed by atoms with Gasteiger partial charge in [-0.3, -0.25) is 0 Å². The van der Waals surface area contributed by atoms with Crippen molar-refractivity contribution in [2.45, 2.75) is 0 Å². The van der Waals surface area contributed by atoms with Gasteiger partial charge in [-0.2, -0.15) is 0 Å². The second kappa shape index (κ2) is 8.01. The van der Waals surface area contributed by atoms with E-state index in [4.69, 9.17) is 14.2 Å². The topological polar surface area (TPSA) is 57.1 Å². The third-order valence-corrected chi connectivity index (χ3v) is 4.16. The molecular weight excluding hydrogens is 398 g/mol. The first-order valence-electron chi connectivity index (χ1n) is 7.78. The summed E-state index contributed by atoms with van der Waals surface area (Å²) in [6.45, 7) is 0. The van der Waals surface area contributed by atoms with Crippen LogP contribution in [-0.2, 0) is 9.53 Å². The minimum atomic E-state index is -0.508. The number of hydrogen-bond donors (Lipinski definition) is 0. The average molecular weight is 414 g/mol. The Morgan fingerprint density at radius 2 is 1.73 bits per heavy atom. The van der Waals surface area contributed by atoms with Gasteiger partial charge < -0.3 is 14.2 Å². The molecule has 0 atom stereocenters. The number of esters is 1. The Kier molecular flexibility index (Phi) is 5.53. The lowest BCUT2D eigenvalue weighted by Crippen LogP contribution is -2.01. The third-order valence-electron chi connectivity index (χ3n) is 3.67. The molecule has 2 aromatic rings. The van der Waals surface area contributed by atoms with Gasteiger partial charge in [0.2, 0.25) is 5.90 Å². The number of rotatable bonds is 5. The van der Waals surface area contributed by atoms with Crippen LogP contribution in [0.1, 0.15) is 11.1 Å². The number of para-hydroxylation sites is 1. The van der Waals surface area contributed by atoms with Crippen molar-refractivity contribution in [3.63, 3.8) is 0 Å². The van der Waals surface area contributed by atoms with Gasteiger partial charge in [0.1, 0.15) is 11.5 Å². The molecule has 26 heavy (non-hydrogen) atoms. The molecule has 0 amide bonds. The van der Waals surface area contributed by atoms with E-state index in [-0.39, 0.29) is 11.6 Å². The van der Waals surface area contributed by atoms with Gasteiger partial charge in [0.05, 0.1) is 14.2 Å². The molecule has 3 rings (SSSR count). The number of halogens is 1. The van der Waals surface area contributed by atoms with Gasteiger partial charge in [-0.1, -0.05) is 34.1 Å². The number of benzene rings is 2. The molecule has 0 spiro atoms. The van der Waals surface area contributed by atoms with Gasteiger partial charge in [-0.05, 0) is 36.4 Å². The Labute approximate surface area is 159 Å². The van der Waals surface area contributed by atoms with E-state index >= 15 is 0 Å². The smallest absolute Gasteiger partial charge is 0.363 e. The highest BCUT2D eigenvalue weighted by Gasteiger charge is 2.21. The molecule has 132 valence electrons. The van der Waals surface area contributed by atoms with Gasteiger partial charge >= 0.3 is 5.97 Å². The molecule has 0 aliphatic carbocycles. The monoisotopic (exact) mass is 413 g/mol. The summed E-state index contributed by atoms with van der Waals surface area (Å²) in [5.41, 5.74) is 1.80. The standard InChI is InChI=1S/C20H16BrNO4/c1-24-17-6-4-3-5-13(17)7-10-19-22-16(20(23)26-19)12-14-11-15(21)8-9-18(14)25-2/h3-12H,1-2H3. The predicted molar refractivity (Wildman–Crippen MR) is 104 cm³/mol. The van der Waals surface area contributed by atoms with Crippen molar-refractivity contribution in [1.29, 1.82) is 0 Å². The zero-order valence-corrected chi connectivity index (χ0v) is 15.8. The lowest BCUT2D eigenvalue weighted by Gasteiger charge is -2.04. The van der Waals surface area contributed by atoms with Crippen LogP contribution in [0.5, 0.6) is 11.5 Å². The molecule has 0 aromatic heterocycles. The largest absolute Gasteiger partial charge is 0.496 e. The van der Waals surface area contributed by atoms with Crippen LogP contribution < -0.4 is 9.47 Å². The van der Waals surface area contributed by atoms with E-state index in [1.165, 1.54) is 0 Å². The Balaban J connectivity index is 1.88. The number of ether oxygens (including phenoxy) is 3. The maximum absolute atomic E-state index is 12.1. The summed E-state index contributed by atoms with van der Waals surface area (Å²) in [6, 6.07) is 13.0. The van der Waals surface area contributed by atoms with Crippen LogP contribution in [0.3, 0.4) is 0 Å². The zero-order chi connectivity index (χ0) is 18.5. The van der Waals surface area contributed by atoms with Crippen LogP contribution in [0.4, 0.5) is 0 Å². The van der Waals surface area contributed by atoms with Crippen molar-refractivity contribution in [3.05, 3.63) is 69.8 Å². The van der Waals surface area contributed by atoms with E-state index < -0.39 is 5.97 Å². The summed E-state index contributed by atoms with van der Waals surface area (Å²) in [6.07, 6.45) is 5.05. The molecule has 0 bridgehead atoms. The number of methoxy groups -OCH3 is 2. The molecule has 1 heterocycles. The van der Waals surface area contributed by atoms with E-state index in [0.29, 0.717) is 5.75 Å². The molecule has 0 fully saturated rings. The highest BCUT2D eigenvalue weighted by atomic mass is 79.9. The fraction of sp³-hybridized carbons (Fsp3) is 0.100. The van der Waals surface area contributed by atoms with Crippen LogP contribution in [0.25, 0.3) is 12.2 Å². The molecular formula is C20H16BrNO4. The van der Waals surface area contributed by atoms with Gasteiger partial charge in [0.15, 0.2) is 5.70 Å². The summed E-state index contributed by atoms with van der Waals surface area (Å²) in [4.78, 5) is 16.3. The number of nitrogens with zero attached hydrogens (tertiary/aromatic N) is 1. The van der Waals surface area contributed by atoms with Gasteiger partial charge in [0, 0.05) is 21.7 Å². The van der Waals surface area contributed by atoms with Gasteiger partial charge in [-0.25, -0.2) is 9.79 Å². The van der Waals surface area contributed by atoms with E-state index in [0.717, 1.165) is 21.3 Å². The number of carbonyl (C=O) groups is 1. The van der Waals surface area contributed by atoms with Crippen LogP contribution in [0, 0.1) is 0 Å². The molecule has 0 unspecified atom stereocenters. The molecule has 0 saturated carbocycles. The summed E-state index contributed by atoms with van der Waals surface area (Å²) >= 11 is 3.41. The first kappa shape index (κ1) is 17.9. The van der Waals surface area contributed by atoms with E-state index in [9.17, 15) is 4.79 Å². The minimum Gasteiger partial charge on any atom is -0.496 e. The molecule has 1 aliphatic heterocycles. The van der Waals surface area contributed by atoms with Crippen molar-refractivity contribution in [3.8, 4) is 11.5 Å². The number of cyclic esters (lactones) is 1. The molecule has 5 nitrogen and oxygen atoms in total. The highest BCUT2D eigenvalue weighted by Crippen LogP contribution is 2.27. The molecule has 1 aliphatic rings. The molecule has 0 radical (unpaired) electrons. The van der Waals surface area contributed by atoms with Gasteiger partial charge in [0.25, 0.3) is 0 Å². The van der Waals surface area contributed by atoms with Gasteiger partial charge in [-0.15, -0.1) is 0 Å². The summed E-state index contributed by atoms with van der Waals surface area (Å²) in [7, 11) is 3.18. The van der Waals surface area contributed by atoms with Crippen LogP contribution in [-0.4, -0.2) is 26.1 Å². The van der Waals surface area contributed by atoms with Crippen molar-refractivity contribution >= 4 is 39.9 Å². The molecule has 0 N–H and O–H groups in total. The van der Waals surface area contributed by atoms with Crippen LogP contribution in [0.15, 0.2) is 63.7 Å². The zero-order valence-electron chi connectivity index (χ0n) is 14.2. The summed E-state index contributed by atoms with van der Waals surface area (Å²) in [5, 5.41) is 0. The van der Waals surface area contributed by atoms with Crippen molar-refractivity contribution in [2.24, 2.45) is 4.99 Å². The minimum absolute atomic E-state index is 0.209. The first-order valence-corrected chi connectivity index (χ1v) is 8.57. The quantitative estimate of drug-likeness (QED) is 0.535. The Hall–Kier alpha value is -2.86. The maximum atomic E-state index is 12.1.